The monoisotopic (exact) mass is 296 g/mol. The normalized spacial score (nSPS) is 27.9. The van der Waals surface area contributed by atoms with Crippen LogP contribution in [0.5, 0.6) is 0 Å². The van der Waals surface area contributed by atoms with E-state index in [0.29, 0.717) is 6.42 Å². The van der Waals surface area contributed by atoms with E-state index < -0.39 is 17.7 Å². The molecular weight excluding hydrogens is 268 g/mol. The van der Waals surface area contributed by atoms with Gasteiger partial charge >= 0.3 is 6.09 Å². The zero-order valence-corrected chi connectivity index (χ0v) is 13.6. The molecule has 0 radical (unpaired) electrons. The first-order valence-electron chi connectivity index (χ1n) is 8.04. The van der Waals surface area contributed by atoms with E-state index >= 15 is 0 Å². The summed E-state index contributed by atoms with van der Waals surface area (Å²) < 4.78 is 5.25. The maximum atomic E-state index is 12.4. The van der Waals surface area contributed by atoms with Crippen LogP contribution in [-0.2, 0) is 9.53 Å². The molecule has 3 aliphatic rings. The Labute approximate surface area is 127 Å². The van der Waals surface area contributed by atoms with Gasteiger partial charge in [-0.3, -0.25) is 4.79 Å². The van der Waals surface area contributed by atoms with E-state index in [2.05, 4.69) is 17.6 Å². The number of carbonyl (C=O) groups is 2. The van der Waals surface area contributed by atoms with Crippen molar-refractivity contribution < 1.29 is 14.3 Å². The maximum absolute atomic E-state index is 12.4. The second-order valence-electron chi connectivity index (χ2n) is 7.59. The Bertz CT molecular complexity index is 397. The molecule has 0 aliphatic heterocycles. The first-order valence-corrected chi connectivity index (χ1v) is 8.04. The van der Waals surface area contributed by atoms with E-state index in [1.807, 2.05) is 20.8 Å². The number of ether oxygens (including phenoxy) is 1. The number of rotatable bonds is 6. The second kappa shape index (κ2) is 5.85. The third kappa shape index (κ3) is 4.11. The van der Waals surface area contributed by atoms with Crippen molar-refractivity contribution in [2.75, 3.05) is 0 Å². The Balaban J connectivity index is 1.86. The highest BCUT2D eigenvalue weighted by Gasteiger charge is 2.57. The molecule has 3 aliphatic carbocycles. The van der Waals surface area contributed by atoms with Crippen LogP contribution in [0.25, 0.3) is 0 Å². The number of nitrogens with one attached hydrogen (secondary N) is 2. The Hall–Kier alpha value is -1.26. The van der Waals surface area contributed by atoms with Crippen molar-refractivity contribution >= 4 is 12.0 Å². The van der Waals surface area contributed by atoms with Gasteiger partial charge < -0.3 is 15.4 Å². The lowest BCUT2D eigenvalue weighted by Crippen LogP contribution is -2.70. The summed E-state index contributed by atoms with van der Waals surface area (Å²) in [6, 6.07) is -0.492. The van der Waals surface area contributed by atoms with Crippen molar-refractivity contribution in [1.29, 1.82) is 0 Å². The fourth-order valence-corrected chi connectivity index (χ4v) is 3.11. The van der Waals surface area contributed by atoms with Crippen molar-refractivity contribution in [3.05, 3.63) is 0 Å². The molecule has 5 heteroatoms. The summed E-state index contributed by atoms with van der Waals surface area (Å²) >= 11 is 0. The van der Waals surface area contributed by atoms with Gasteiger partial charge in [-0.1, -0.05) is 19.8 Å². The molecule has 21 heavy (non-hydrogen) atoms. The highest BCUT2D eigenvalue weighted by molar-refractivity contribution is 5.86. The molecule has 2 N–H and O–H groups in total. The van der Waals surface area contributed by atoms with Gasteiger partial charge in [0.2, 0.25) is 5.91 Å². The maximum Gasteiger partial charge on any atom is 0.408 e. The van der Waals surface area contributed by atoms with E-state index in [0.717, 1.165) is 38.0 Å². The summed E-state index contributed by atoms with van der Waals surface area (Å²) in [5, 5.41) is 5.85. The highest BCUT2D eigenvalue weighted by Crippen LogP contribution is 2.56. The van der Waals surface area contributed by atoms with Crippen LogP contribution in [-0.4, -0.2) is 29.2 Å². The molecule has 0 aromatic rings. The summed E-state index contributed by atoms with van der Waals surface area (Å²) in [7, 11) is 0. The molecule has 0 unspecified atom stereocenters. The molecule has 3 rings (SSSR count). The van der Waals surface area contributed by atoms with Crippen LogP contribution < -0.4 is 10.6 Å². The number of amides is 2. The second-order valence-corrected chi connectivity index (χ2v) is 7.59. The predicted molar refractivity (Wildman–Crippen MR) is 80.9 cm³/mol. The van der Waals surface area contributed by atoms with Gasteiger partial charge in [-0.25, -0.2) is 4.79 Å². The molecule has 1 atom stereocenters. The zero-order chi connectivity index (χ0) is 15.7. The van der Waals surface area contributed by atoms with Crippen LogP contribution in [0.2, 0.25) is 0 Å². The third-order valence-corrected chi connectivity index (χ3v) is 4.28. The molecule has 0 aromatic heterocycles. The van der Waals surface area contributed by atoms with Crippen LogP contribution >= 0.6 is 0 Å². The lowest BCUT2D eigenvalue weighted by molar-refractivity contribution is -0.135. The predicted octanol–water partition coefficient (Wildman–Crippen LogP) is 2.74. The summed E-state index contributed by atoms with van der Waals surface area (Å²) in [6.07, 6.45) is 5.34. The molecule has 2 bridgehead atoms. The highest BCUT2D eigenvalue weighted by atomic mass is 16.6. The number of alkyl carbamates (subject to hydrolysis) is 1. The van der Waals surface area contributed by atoms with Gasteiger partial charge in [-0.05, 0) is 52.4 Å². The fraction of sp³-hybridized carbons (Fsp3) is 0.875. The zero-order valence-electron chi connectivity index (χ0n) is 13.6. The molecule has 0 spiro atoms. The summed E-state index contributed by atoms with van der Waals surface area (Å²) in [5.74, 6) is 0.755. The first kappa shape index (κ1) is 16.1. The van der Waals surface area contributed by atoms with E-state index in [-0.39, 0.29) is 11.4 Å². The lowest BCUT2D eigenvalue weighted by Gasteiger charge is -2.62. The Kier molecular flexibility index (Phi) is 4.49. The van der Waals surface area contributed by atoms with E-state index in [1.165, 1.54) is 0 Å². The topological polar surface area (TPSA) is 67.4 Å². The molecule has 0 saturated heterocycles. The molecule has 3 fully saturated rings. The number of carbonyl (C=O) groups excluding carboxylic acids is 2. The third-order valence-electron chi connectivity index (χ3n) is 4.28. The minimum atomic E-state index is -0.552. The minimum Gasteiger partial charge on any atom is -0.444 e. The average Bonchev–Trinajstić information content (AvgIpc) is 2.24. The first-order chi connectivity index (χ1) is 9.73. The van der Waals surface area contributed by atoms with Crippen LogP contribution in [0.3, 0.4) is 0 Å². The number of hydrogen-bond donors (Lipinski definition) is 2. The lowest BCUT2D eigenvalue weighted by atomic mass is 9.50. The van der Waals surface area contributed by atoms with Gasteiger partial charge in [-0.15, -0.1) is 0 Å². The summed E-state index contributed by atoms with van der Waals surface area (Å²) in [4.78, 5) is 24.3. The molecule has 0 aromatic carbocycles. The van der Waals surface area contributed by atoms with Gasteiger partial charge in [0.05, 0.1) is 0 Å². The van der Waals surface area contributed by atoms with Crippen LogP contribution in [0.1, 0.15) is 66.2 Å². The van der Waals surface area contributed by atoms with Crippen molar-refractivity contribution in [1.82, 2.24) is 10.6 Å². The molecule has 5 nitrogen and oxygen atoms in total. The van der Waals surface area contributed by atoms with Crippen LogP contribution in [0.15, 0.2) is 0 Å². The van der Waals surface area contributed by atoms with Gasteiger partial charge in [0.15, 0.2) is 0 Å². The SMILES string of the molecule is CCCC[C@@H](NC(=O)OC(C)(C)C)C(=O)NC12CC(C1)C2. The number of unbranched alkanes of at least 4 members (excludes halogenated alkanes) is 1. The average molecular weight is 296 g/mol. The largest absolute Gasteiger partial charge is 0.444 e. The van der Waals surface area contributed by atoms with Crippen molar-refractivity contribution in [3.63, 3.8) is 0 Å². The van der Waals surface area contributed by atoms with E-state index in [4.69, 9.17) is 4.74 Å². The Morgan fingerprint density at radius 3 is 2.33 bits per heavy atom. The minimum absolute atomic E-state index is 0.0435. The molecule has 2 amide bonds. The van der Waals surface area contributed by atoms with E-state index in [1.54, 1.807) is 0 Å². The van der Waals surface area contributed by atoms with Gasteiger partial charge in [0.1, 0.15) is 11.6 Å². The molecule has 120 valence electrons. The molecule has 0 heterocycles. The molecule has 3 saturated carbocycles. The smallest absolute Gasteiger partial charge is 0.408 e. The number of hydrogen-bond acceptors (Lipinski definition) is 3. The summed E-state index contributed by atoms with van der Waals surface area (Å²) in [5.41, 5.74) is -0.508. The summed E-state index contributed by atoms with van der Waals surface area (Å²) in [6.45, 7) is 7.52. The van der Waals surface area contributed by atoms with Crippen molar-refractivity contribution in [2.45, 2.75) is 83.4 Å². The van der Waals surface area contributed by atoms with Crippen LogP contribution in [0, 0.1) is 5.92 Å². The standard InChI is InChI=1S/C16H28N2O3/c1-5-6-7-12(17-14(20)21-15(2,3)4)13(19)18-16-8-11(9-16)10-16/h11-12H,5-10H2,1-4H3,(H,17,20)(H,18,19)/t11?,12-,16?/m1/s1. The Morgan fingerprint density at radius 1 is 1.29 bits per heavy atom. The van der Waals surface area contributed by atoms with Crippen LogP contribution in [0.4, 0.5) is 4.79 Å². The fourth-order valence-electron chi connectivity index (χ4n) is 3.11. The Morgan fingerprint density at radius 2 is 1.90 bits per heavy atom. The molecular formula is C16H28N2O3. The van der Waals surface area contributed by atoms with Gasteiger partial charge in [-0.2, -0.15) is 0 Å². The quantitative estimate of drug-likeness (QED) is 0.792. The van der Waals surface area contributed by atoms with E-state index in [9.17, 15) is 9.59 Å². The van der Waals surface area contributed by atoms with Gasteiger partial charge in [0, 0.05) is 5.54 Å². The van der Waals surface area contributed by atoms with Crippen molar-refractivity contribution in [2.24, 2.45) is 5.92 Å². The van der Waals surface area contributed by atoms with Crippen molar-refractivity contribution in [3.8, 4) is 0 Å². The van der Waals surface area contributed by atoms with Gasteiger partial charge in [0.25, 0.3) is 0 Å².